The summed E-state index contributed by atoms with van der Waals surface area (Å²) in [6.45, 7) is 8.78. The molecular formula is C17H22N2. The van der Waals surface area contributed by atoms with Crippen molar-refractivity contribution in [2.45, 2.75) is 40.0 Å². The van der Waals surface area contributed by atoms with Crippen LogP contribution in [0.2, 0.25) is 0 Å². The molecule has 0 amide bonds. The summed E-state index contributed by atoms with van der Waals surface area (Å²) in [4.78, 5) is 0. The molecule has 2 nitrogen and oxygen atoms in total. The summed E-state index contributed by atoms with van der Waals surface area (Å²) in [5.41, 5.74) is 4.41. The predicted molar refractivity (Wildman–Crippen MR) is 80.3 cm³/mol. The van der Waals surface area contributed by atoms with Gasteiger partial charge in [-0.05, 0) is 42.0 Å². The van der Waals surface area contributed by atoms with Crippen molar-refractivity contribution < 1.29 is 0 Å². The number of benzene rings is 1. The first-order valence-corrected chi connectivity index (χ1v) is 6.96. The summed E-state index contributed by atoms with van der Waals surface area (Å²) < 4.78 is 2.18. The maximum Gasteiger partial charge on any atom is 0.101 e. The van der Waals surface area contributed by atoms with E-state index in [2.05, 4.69) is 57.5 Å². The van der Waals surface area contributed by atoms with E-state index in [0.717, 1.165) is 17.5 Å². The van der Waals surface area contributed by atoms with E-state index >= 15 is 0 Å². The average molecular weight is 254 g/mol. The SMILES string of the molecule is CC(C)Cc1cc2cc(C(C)C)cc(C#N)c2n1C. The number of aryl methyl sites for hydroxylation is 1. The van der Waals surface area contributed by atoms with Gasteiger partial charge >= 0.3 is 0 Å². The molecule has 0 aliphatic carbocycles. The molecule has 100 valence electrons. The van der Waals surface area contributed by atoms with Gasteiger partial charge in [-0.15, -0.1) is 0 Å². The molecule has 0 saturated carbocycles. The fraction of sp³-hybridized carbons (Fsp3) is 0.471. The highest BCUT2D eigenvalue weighted by molar-refractivity contribution is 5.87. The number of aromatic nitrogens is 1. The number of rotatable bonds is 3. The molecule has 2 aromatic rings. The molecule has 0 aliphatic heterocycles. The van der Waals surface area contributed by atoms with E-state index in [4.69, 9.17) is 0 Å². The van der Waals surface area contributed by atoms with Crippen LogP contribution in [0.15, 0.2) is 18.2 Å². The molecule has 0 radical (unpaired) electrons. The molecule has 19 heavy (non-hydrogen) atoms. The largest absolute Gasteiger partial charge is 0.347 e. The summed E-state index contributed by atoms with van der Waals surface area (Å²) >= 11 is 0. The van der Waals surface area contributed by atoms with Crippen LogP contribution in [0.1, 0.15) is 50.4 Å². The van der Waals surface area contributed by atoms with Crippen molar-refractivity contribution in [3.05, 3.63) is 35.0 Å². The van der Waals surface area contributed by atoms with Crippen molar-refractivity contribution in [1.29, 1.82) is 5.26 Å². The van der Waals surface area contributed by atoms with E-state index < -0.39 is 0 Å². The van der Waals surface area contributed by atoms with Gasteiger partial charge in [0.25, 0.3) is 0 Å². The van der Waals surface area contributed by atoms with Gasteiger partial charge in [-0.3, -0.25) is 0 Å². The first-order valence-electron chi connectivity index (χ1n) is 6.96. The van der Waals surface area contributed by atoms with Crippen molar-refractivity contribution in [3.63, 3.8) is 0 Å². The lowest BCUT2D eigenvalue weighted by Crippen LogP contribution is -2.01. The van der Waals surface area contributed by atoms with Crippen molar-refractivity contribution in [2.75, 3.05) is 0 Å². The van der Waals surface area contributed by atoms with Gasteiger partial charge in [-0.25, -0.2) is 0 Å². The first kappa shape index (κ1) is 13.7. The lowest BCUT2D eigenvalue weighted by Gasteiger charge is -2.09. The topological polar surface area (TPSA) is 28.7 Å². The second-order valence-electron chi connectivity index (χ2n) is 6.07. The van der Waals surface area contributed by atoms with E-state index in [0.29, 0.717) is 11.8 Å². The molecule has 0 spiro atoms. The van der Waals surface area contributed by atoms with Crippen molar-refractivity contribution in [3.8, 4) is 6.07 Å². The van der Waals surface area contributed by atoms with Crippen LogP contribution in [0, 0.1) is 17.2 Å². The van der Waals surface area contributed by atoms with Crippen LogP contribution in [-0.4, -0.2) is 4.57 Å². The van der Waals surface area contributed by atoms with Gasteiger partial charge in [-0.2, -0.15) is 5.26 Å². The Hall–Kier alpha value is -1.75. The van der Waals surface area contributed by atoms with E-state index in [1.807, 2.05) is 6.07 Å². The van der Waals surface area contributed by atoms with Gasteiger partial charge in [0.1, 0.15) is 6.07 Å². The third kappa shape index (κ3) is 2.51. The van der Waals surface area contributed by atoms with Gasteiger partial charge < -0.3 is 4.57 Å². The lowest BCUT2D eigenvalue weighted by molar-refractivity contribution is 0.620. The molecule has 0 N–H and O–H groups in total. The molecule has 0 saturated heterocycles. The second-order valence-corrected chi connectivity index (χ2v) is 6.07. The maximum absolute atomic E-state index is 9.39. The van der Waals surface area contributed by atoms with Crippen molar-refractivity contribution >= 4 is 10.9 Å². The van der Waals surface area contributed by atoms with Gasteiger partial charge in [0.15, 0.2) is 0 Å². The average Bonchev–Trinajstić information content (AvgIpc) is 2.64. The number of nitriles is 1. The first-order chi connectivity index (χ1) is 8.93. The van der Waals surface area contributed by atoms with Crippen LogP contribution in [-0.2, 0) is 13.5 Å². The third-order valence-corrected chi connectivity index (χ3v) is 3.65. The smallest absolute Gasteiger partial charge is 0.101 e. The normalized spacial score (nSPS) is 11.5. The Balaban J connectivity index is 2.68. The van der Waals surface area contributed by atoms with Crippen molar-refractivity contribution in [1.82, 2.24) is 4.57 Å². The van der Waals surface area contributed by atoms with Gasteiger partial charge in [0, 0.05) is 18.1 Å². The minimum absolute atomic E-state index is 0.449. The minimum atomic E-state index is 0.449. The van der Waals surface area contributed by atoms with Crippen LogP contribution < -0.4 is 0 Å². The minimum Gasteiger partial charge on any atom is -0.347 e. The number of nitrogens with zero attached hydrogens (tertiary/aromatic N) is 2. The van der Waals surface area contributed by atoms with Gasteiger partial charge in [-0.1, -0.05) is 27.7 Å². The zero-order chi connectivity index (χ0) is 14.2. The fourth-order valence-corrected chi connectivity index (χ4v) is 2.62. The fourth-order valence-electron chi connectivity index (χ4n) is 2.62. The predicted octanol–water partition coefficient (Wildman–Crippen LogP) is 4.37. The van der Waals surface area contributed by atoms with Crippen LogP contribution in [0.4, 0.5) is 0 Å². The Morgan fingerprint density at radius 2 is 1.84 bits per heavy atom. The van der Waals surface area contributed by atoms with E-state index in [1.165, 1.54) is 16.6 Å². The Bertz CT molecular complexity index is 639. The highest BCUT2D eigenvalue weighted by Crippen LogP contribution is 2.28. The standard InChI is InChI=1S/C17H22N2/c1-11(2)6-16-9-14-7-13(12(3)4)8-15(10-18)17(14)19(16)5/h7-9,11-12H,6H2,1-5H3. The quantitative estimate of drug-likeness (QED) is 0.799. The molecule has 1 aromatic heterocycles. The second kappa shape index (κ2) is 5.09. The molecule has 2 heteroatoms. The highest BCUT2D eigenvalue weighted by Gasteiger charge is 2.13. The molecule has 0 bridgehead atoms. The Morgan fingerprint density at radius 1 is 1.16 bits per heavy atom. The van der Waals surface area contributed by atoms with Crippen LogP contribution in [0.5, 0.6) is 0 Å². The molecule has 1 aromatic carbocycles. The monoisotopic (exact) mass is 254 g/mol. The van der Waals surface area contributed by atoms with Gasteiger partial charge in [0.05, 0.1) is 11.1 Å². The number of hydrogen-bond acceptors (Lipinski definition) is 1. The zero-order valence-electron chi connectivity index (χ0n) is 12.5. The maximum atomic E-state index is 9.39. The van der Waals surface area contributed by atoms with Crippen LogP contribution >= 0.6 is 0 Å². The molecular weight excluding hydrogens is 232 g/mol. The van der Waals surface area contributed by atoms with E-state index in [1.54, 1.807) is 0 Å². The number of hydrogen-bond donors (Lipinski definition) is 0. The highest BCUT2D eigenvalue weighted by atomic mass is 14.9. The van der Waals surface area contributed by atoms with Crippen LogP contribution in [0.25, 0.3) is 10.9 Å². The molecule has 0 unspecified atom stereocenters. The zero-order valence-corrected chi connectivity index (χ0v) is 12.5. The Morgan fingerprint density at radius 3 is 2.37 bits per heavy atom. The van der Waals surface area contributed by atoms with E-state index in [-0.39, 0.29) is 0 Å². The summed E-state index contributed by atoms with van der Waals surface area (Å²) in [5, 5.41) is 10.6. The summed E-state index contributed by atoms with van der Waals surface area (Å²) in [6.07, 6.45) is 1.05. The van der Waals surface area contributed by atoms with Gasteiger partial charge in [0.2, 0.25) is 0 Å². The molecule has 0 fully saturated rings. The third-order valence-electron chi connectivity index (χ3n) is 3.65. The number of fused-ring (bicyclic) bond motifs is 1. The Labute approximate surface area is 115 Å². The van der Waals surface area contributed by atoms with Crippen LogP contribution in [0.3, 0.4) is 0 Å². The molecule has 0 aliphatic rings. The summed E-state index contributed by atoms with van der Waals surface area (Å²) in [7, 11) is 2.07. The molecule has 0 atom stereocenters. The Kier molecular flexibility index (Phi) is 3.66. The molecule has 1 heterocycles. The van der Waals surface area contributed by atoms with E-state index in [9.17, 15) is 5.26 Å². The molecule has 2 rings (SSSR count). The lowest BCUT2D eigenvalue weighted by atomic mass is 9.98. The van der Waals surface area contributed by atoms with Crippen molar-refractivity contribution in [2.24, 2.45) is 13.0 Å². The summed E-state index contributed by atoms with van der Waals surface area (Å²) in [6, 6.07) is 8.85. The summed E-state index contributed by atoms with van der Waals surface area (Å²) in [5.74, 6) is 1.07.